The van der Waals surface area contributed by atoms with E-state index in [4.69, 9.17) is 9.47 Å². The number of hydrogen-bond donors (Lipinski definition) is 0. The first-order chi connectivity index (χ1) is 11.5. The Morgan fingerprint density at radius 3 is 1.17 bits per heavy atom. The fourth-order valence-electron chi connectivity index (χ4n) is 2.92. The monoisotopic (exact) mass is 338 g/mol. The topological polar surface area (TPSA) is 59.1 Å². The molecule has 6 heteroatoms. The second-order valence-corrected chi connectivity index (χ2v) is 5.23. The van der Waals surface area contributed by atoms with Crippen molar-refractivity contribution in [1.82, 2.24) is 9.80 Å². The summed E-state index contributed by atoms with van der Waals surface area (Å²) in [5.74, 6) is -0.760. The molecule has 0 spiro atoms. The van der Waals surface area contributed by atoms with Gasteiger partial charge in [-0.2, -0.15) is 0 Å². The van der Waals surface area contributed by atoms with Crippen LogP contribution in [0.3, 0.4) is 0 Å². The number of rotatable bonds is 10. The summed E-state index contributed by atoms with van der Waals surface area (Å²) in [4.78, 5) is 29.1. The van der Waals surface area contributed by atoms with Crippen LogP contribution in [0.15, 0.2) is 22.5 Å². The van der Waals surface area contributed by atoms with Gasteiger partial charge in [0.1, 0.15) is 11.1 Å². The molecule has 0 unspecified atom stereocenters. The van der Waals surface area contributed by atoms with Crippen molar-refractivity contribution in [3.8, 4) is 0 Å². The number of carbonyl (C=O) groups is 2. The maximum atomic E-state index is 12.5. The van der Waals surface area contributed by atoms with Gasteiger partial charge in [-0.3, -0.25) is 0 Å². The molecule has 0 aromatic rings. The molecule has 0 bridgehead atoms. The van der Waals surface area contributed by atoms with Gasteiger partial charge in [0, 0.05) is 26.2 Å². The minimum atomic E-state index is -0.380. The summed E-state index contributed by atoms with van der Waals surface area (Å²) in [6.45, 7) is 14.9. The molecule has 0 saturated carbocycles. The van der Waals surface area contributed by atoms with E-state index >= 15 is 0 Å². The van der Waals surface area contributed by atoms with Gasteiger partial charge in [-0.25, -0.2) is 9.59 Å². The zero-order valence-electron chi connectivity index (χ0n) is 15.8. The fraction of sp³-hybridized carbons (Fsp3) is 0.667. The molecule has 0 aromatic heterocycles. The second kappa shape index (κ2) is 9.35. The number of carbonyl (C=O) groups excluding carboxylic acids is 2. The van der Waals surface area contributed by atoms with Crippen molar-refractivity contribution in [3.05, 3.63) is 22.5 Å². The Balaban J connectivity index is 3.45. The van der Waals surface area contributed by atoms with Crippen LogP contribution in [0.25, 0.3) is 0 Å². The largest absolute Gasteiger partial charge is 0.462 e. The van der Waals surface area contributed by atoms with Gasteiger partial charge < -0.3 is 19.3 Å². The Bertz CT molecular complexity index is 470. The molecule has 0 atom stereocenters. The molecule has 0 N–H and O–H groups in total. The van der Waals surface area contributed by atoms with E-state index in [1.807, 2.05) is 37.5 Å². The molecule has 0 fully saturated rings. The molecule has 0 aromatic carbocycles. The third-order valence-corrected chi connectivity index (χ3v) is 4.07. The first kappa shape index (κ1) is 20.1. The molecule has 0 aliphatic heterocycles. The molecular formula is C18H30N2O4. The van der Waals surface area contributed by atoms with Crippen LogP contribution < -0.4 is 0 Å². The molecular weight excluding hydrogens is 308 g/mol. The Morgan fingerprint density at radius 1 is 0.667 bits per heavy atom. The zero-order chi connectivity index (χ0) is 18.3. The highest BCUT2D eigenvalue weighted by Gasteiger charge is 2.43. The van der Waals surface area contributed by atoms with Gasteiger partial charge in [0.2, 0.25) is 0 Å². The smallest absolute Gasteiger partial charge is 0.342 e. The summed E-state index contributed by atoms with van der Waals surface area (Å²) in [7, 11) is 0. The van der Waals surface area contributed by atoms with E-state index in [0.717, 1.165) is 0 Å². The van der Waals surface area contributed by atoms with Crippen LogP contribution in [-0.2, 0) is 19.1 Å². The van der Waals surface area contributed by atoms with Crippen LogP contribution in [-0.4, -0.2) is 61.1 Å². The minimum Gasteiger partial charge on any atom is -0.462 e. The average molecular weight is 338 g/mol. The summed E-state index contributed by atoms with van der Waals surface area (Å²) < 4.78 is 10.5. The first-order valence-corrected chi connectivity index (χ1v) is 8.85. The third kappa shape index (κ3) is 3.74. The molecule has 6 nitrogen and oxygen atoms in total. The molecule has 0 heterocycles. The highest BCUT2D eigenvalue weighted by molar-refractivity contribution is 6.08. The Hall–Kier alpha value is -1.98. The number of esters is 2. The maximum absolute atomic E-state index is 12.5. The van der Waals surface area contributed by atoms with E-state index in [1.54, 1.807) is 13.8 Å². The zero-order valence-corrected chi connectivity index (χ0v) is 15.8. The van der Waals surface area contributed by atoms with Crippen molar-refractivity contribution < 1.29 is 19.1 Å². The highest BCUT2D eigenvalue weighted by Crippen LogP contribution is 2.41. The van der Waals surface area contributed by atoms with Gasteiger partial charge in [-0.05, 0) is 41.5 Å². The van der Waals surface area contributed by atoms with Crippen molar-refractivity contribution in [2.75, 3.05) is 39.4 Å². The van der Waals surface area contributed by atoms with E-state index in [2.05, 4.69) is 0 Å². The van der Waals surface area contributed by atoms with Gasteiger partial charge in [0.25, 0.3) is 0 Å². The third-order valence-electron chi connectivity index (χ3n) is 4.07. The van der Waals surface area contributed by atoms with Crippen molar-refractivity contribution in [2.45, 2.75) is 41.5 Å². The van der Waals surface area contributed by atoms with Crippen LogP contribution in [0.2, 0.25) is 0 Å². The number of ether oxygens (including phenoxy) is 2. The molecule has 0 amide bonds. The van der Waals surface area contributed by atoms with Gasteiger partial charge >= 0.3 is 11.9 Å². The standard InChI is InChI=1S/C18H30N2O4/c1-7-19(8-2)15-13(17(21)23-11-5)16(20(9-3)10-4)14(15)18(22)24-12-6/h7-12H2,1-6H3. The second-order valence-electron chi connectivity index (χ2n) is 5.23. The quantitative estimate of drug-likeness (QED) is 0.570. The molecule has 0 radical (unpaired) electrons. The summed E-state index contributed by atoms with van der Waals surface area (Å²) in [6, 6.07) is 0. The molecule has 1 aliphatic rings. The van der Waals surface area contributed by atoms with Crippen molar-refractivity contribution in [1.29, 1.82) is 0 Å². The number of hydrogen-bond acceptors (Lipinski definition) is 6. The van der Waals surface area contributed by atoms with E-state index in [9.17, 15) is 9.59 Å². The molecule has 0 saturated heterocycles. The van der Waals surface area contributed by atoms with Gasteiger partial charge in [0.15, 0.2) is 0 Å². The van der Waals surface area contributed by atoms with Crippen LogP contribution >= 0.6 is 0 Å². The number of likely N-dealkylation sites (N-methyl/N-ethyl adjacent to an activating group) is 2. The summed E-state index contributed by atoms with van der Waals surface area (Å²) in [6.07, 6.45) is 0. The lowest BCUT2D eigenvalue weighted by molar-refractivity contribution is -0.139. The van der Waals surface area contributed by atoms with Crippen molar-refractivity contribution in [2.24, 2.45) is 0 Å². The lowest BCUT2D eigenvalue weighted by Crippen LogP contribution is -2.42. The van der Waals surface area contributed by atoms with E-state index in [1.165, 1.54) is 0 Å². The Kier molecular flexibility index (Phi) is 7.82. The fourth-order valence-corrected chi connectivity index (χ4v) is 2.92. The average Bonchev–Trinajstić information content (AvgIpc) is 2.54. The van der Waals surface area contributed by atoms with Gasteiger partial charge in [0.05, 0.1) is 24.6 Å². The number of nitrogens with zero attached hydrogens (tertiary/aromatic N) is 2. The van der Waals surface area contributed by atoms with E-state index in [-0.39, 0.29) is 11.9 Å². The Morgan fingerprint density at radius 2 is 0.958 bits per heavy atom. The van der Waals surface area contributed by atoms with Crippen LogP contribution in [0.5, 0.6) is 0 Å². The van der Waals surface area contributed by atoms with Crippen LogP contribution in [0.4, 0.5) is 0 Å². The van der Waals surface area contributed by atoms with Crippen molar-refractivity contribution in [3.63, 3.8) is 0 Å². The molecule has 136 valence electrons. The summed E-state index contributed by atoms with van der Waals surface area (Å²) >= 11 is 0. The summed E-state index contributed by atoms with van der Waals surface area (Å²) in [5, 5.41) is 0. The van der Waals surface area contributed by atoms with Crippen LogP contribution in [0, 0.1) is 0 Å². The Labute approximate surface area is 145 Å². The lowest BCUT2D eigenvalue weighted by Gasteiger charge is -2.40. The van der Waals surface area contributed by atoms with Gasteiger partial charge in [-0.15, -0.1) is 0 Å². The van der Waals surface area contributed by atoms with Crippen molar-refractivity contribution >= 4 is 11.9 Å². The van der Waals surface area contributed by atoms with Crippen LogP contribution in [0.1, 0.15) is 41.5 Å². The lowest BCUT2D eigenvalue weighted by atomic mass is 9.87. The minimum absolute atomic E-state index is 0.300. The molecule has 1 aliphatic carbocycles. The van der Waals surface area contributed by atoms with E-state index in [0.29, 0.717) is 61.9 Å². The van der Waals surface area contributed by atoms with Gasteiger partial charge in [-0.1, -0.05) is 0 Å². The molecule has 24 heavy (non-hydrogen) atoms. The molecule has 1 rings (SSSR count). The first-order valence-electron chi connectivity index (χ1n) is 8.85. The predicted molar refractivity (Wildman–Crippen MR) is 93.2 cm³/mol. The predicted octanol–water partition coefficient (Wildman–Crippen LogP) is 2.32. The SMILES string of the molecule is CCOC(=O)C1=C(N(CC)CC)C(C(=O)OCC)=C1N(CC)CC. The van der Waals surface area contributed by atoms with E-state index < -0.39 is 0 Å². The maximum Gasteiger partial charge on any atom is 0.342 e. The summed E-state index contributed by atoms with van der Waals surface area (Å²) in [5.41, 5.74) is 2.29. The normalized spacial score (nSPS) is 13.6. The highest BCUT2D eigenvalue weighted by atomic mass is 16.5.